The third-order valence-electron chi connectivity index (χ3n) is 4.28. The molecule has 24 heavy (non-hydrogen) atoms. The summed E-state index contributed by atoms with van der Waals surface area (Å²) in [5.74, 6) is -1.92. The molecule has 2 unspecified atom stereocenters. The summed E-state index contributed by atoms with van der Waals surface area (Å²) in [5, 5.41) is 13.6. The average molecular weight is 374 g/mol. The number of carboxylic acids is 1. The van der Waals surface area contributed by atoms with Gasteiger partial charge in [-0.3, -0.25) is 9.59 Å². The van der Waals surface area contributed by atoms with Crippen molar-refractivity contribution >= 4 is 33.2 Å². The lowest BCUT2D eigenvalue weighted by atomic mass is 9.87. The van der Waals surface area contributed by atoms with Crippen molar-refractivity contribution in [2.24, 2.45) is 5.92 Å². The van der Waals surface area contributed by atoms with Crippen LogP contribution in [0.25, 0.3) is 0 Å². The van der Waals surface area contributed by atoms with E-state index in [0.717, 1.165) is 37.0 Å². The van der Waals surface area contributed by atoms with Crippen molar-refractivity contribution in [1.29, 1.82) is 0 Å². The minimum absolute atomic E-state index is 0.0348. The standard InChI is InChI=1S/C15H22N2O5S2/c1-16-24(21,22)10-8-13(23-9-10)14(18)17-12-7-5-3-2-4-6-11(12)15(19)20/h8-9,11-12,16H,2-7H2,1H3,(H,17,18)(H,19,20). The van der Waals surface area contributed by atoms with Gasteiger partial charge in [0, 0.05) is 11.4 Å². The Morgan fingerprint density at radius 3 is 2.50 bits per heavy atom. The molecule has 1 fully saturated rings. The van der Waals surface area contributed by atoms with Crippen molar-refractivity contribution in [2.45, 2.75) is 49.5 Å². The summed E-state index contributed by atoms with van der Waals surface area (Å²) < 4.78 is 25.7. The molecule has 3 N–H and O–H groups in total. The van der Waals surface area contributed by atoms with Gasteiger partial charge < -0.3 is 10.4 Å². The second-order valence-electron chi connectivity index (χ2n) is 5.87. The number of carbonyl (C=O) groups is 2. The Balaban J connectivity index is 2.13. The van der Waals surface area contributed by atoms with Crippen molar-refractivity contribution < 1.29 is 23.1 Å². The first-order chi connectivity index (χ1) is 11.3. The third kappa shape index (κ3) is 4.55. The quantitative estimate of drug-likeness (QED) is 0.727. The number of thiophene rings is 1. The molecule has 134 valence electrons. The first kappa shape index (κ1) is 18.9. The van der Waals surface area contributed by atoms with Gasteiger partial charge in [0.25, 0.3) is 5.91 Å². The lowest BCUT2D eigenvalue weighted by Gasteiger charge is -2.27. The number of hydrogen-bond donors (Lipinski definition) is 3. The summed E-state index contributed by atoms with van der Waals surface area (Å²) in [6.45, 7) is 0. The monoisotopic (exact) mass is 374 g/mol. The molecule has 7 nitrogen and oxygen atoms in total. The van der Waals surface area contributed by atoms with Crippen molar-refractivity contribution in [3.63, 3.8) is 0 Å². The Labute approximate surface area is 145 Å². The van der Waals surface area contributed by atoms with Gasteiger partial charge in [0.05, 0.1) is 15.7 Å². The molecule has 2 atom stereocenters. The maximum Gasteiger partial charge on any atom is 0.308 e. The molecular weight excluding hydrogens is 352 g/mol. The largest absolute Gasteiger partial charge is 0.481 e. The molecule has 0 aliphatic heterocycles. The Morgan fingerprint density at radius 1 is 1.21 bits per heavy atom. The molecular formula is C15H22N2O5S2. The molecule has 1 heterocycles. The Bertz CT molecular complexity index is 698. The molecule has 1 aromatic heterocycles. The Morgan fingerprint density at radius 2 is 1.88 bits per heavy atom. The molecule has 1 saturated carbocycles. The number of nitrogens with one attached hydrogen (secondary N) is 2. The molecule has 1 aliphatic rings. The number of carboxylic acid groups (broad SMARTS) is 1. The molecule has 1 aliphatic carbocycles. The molecule has 2 rings (SSSR count). The number of amides is 1. The van der Waals surface area contributed by atoms with Crippen molar-refractivity contribution in [2.75, 3.05) is 7.05 Å². The smallest absolute Gasteiger partial charge is 0.308 e. The molecule has 1 amide bonds. The van der Waals surface area contributed by atoms with E-state index >= 15 is 0 Å². The molecule has 0 saturated heterocycles. The number of carbonyl (C=O) groups excluding carboxylic acids is 1. The lowest BCUT2D eigenvalue weighted by Crippen LogP contribution is -2.43. The fraction of sp³-hybridized carbons (Fsp3) is 0.600. The van der Waals surface area contributed by atoms with E-state index in [1.54, 1.807) is 0 Å². The number of hydrogen-bond acceptors (Lipinski definition) is 5. The highest BCUT2D eigenvalue weighted by molar-refractivity contribution is 7.89. The second kappa shape index (κ2) is 8.09. The SMILES string of the molecule is CNS(=O)(=O)c1csc(C(=O)NC2CCCCCCC2C(=O)O)c1. The first-order valence-corrected chi connectivity index (χ1v) is 10.3. The highest BCUT2D eigenvalue weighted by Crippen LogP contribution is 2.25. The van der Waals surface area contributed by atoms with Gasteiger partial charge in [0.1, 0.15) is 0 Å². The van der Waals surface area contributed by atoms with Gasteiger partial charge in [-0.25, -0.2) is 13.1 Å². The number of aliphatic carboxylic acids is 1. The minimum Gasteiger partial charge on any atom is -0.481 e. The second-order valence-corrected chi connectivity index (χ2v) is 8.67. The van der Waals surface area contributed by atoms with Crippen LogP contribution in [0.4, 0.5) is 0 Å². The fourth-order valence-electron chi connectivity index (χ4n) is 2.89. The summed E-state index contributed by atoms with van der Waals surface area (Å²) in [7, 11) is -2.29. The van der Waals surface area contributed by atoms with E-state index in [9.17, 15) is 23.1 Å². The van der Waals surface area contributed by atoms with Crippen LogP contribution < -0.4 is 10.0 Å². The zero-order valence-corrected chi connectivity index (χ0v) is 15.1. The summed E-state index contributed by atoms with van der Waals surface area (Å²) in [5.41, 5.74) is 0. The molecule has 9 heteroatoms. The van der Waals surface area contributed by atoms with Crippen molar-refractivity contribution in [3.8, 4) is 0 Å². The van der Waals surface area contributed by atoms with E-state index in [-0.39, 0.29) is 9.77 Å². The summed E-state index contributed by atoms with van der Waals surface area (Å²) >= 11 is 1.03. The van der Waals surface area contributed by atoms with Crippen LogP contribution >= 0.6 is 11.3 Å². The van der Waals surface area contributed by atoms with E-state index in [4.69, 9.17) is 0 Å². The van der Waals surface area contributed by atoms with Crippen LogP contribution in [0, 0.1) is 5.92 Å². The molecule has 0 radical (unpaired) electrons. The Hall–Kier alpha value is -1.45. The van der Waals surface area contributed by atoms with Gasteiger partial charge in [-0.05, 0) is 26.0 Å². The topological polar surface area (TPSA) is 113 Å². The molecule has 0 aromatic carbocycles. The van der Waals surface area contributed by atoms with Gasteiger partial charge in [0.2, 0.25) is 10.0 Å². The molecule has 0 spiro atoms. The van der Waals surface area contributed by atoms with E-state index in [0.29, 0.717) is 12.8 Å². The predicted molar refractivity (Wildman–Crippen MR) is 90.6 cm³/mol. The summed E-state index contributed by atoms with van der Waals surface area (Å²) in [4.78, 5) is 24.2. The third-order valence-corrected chi connectivity index (χ3v) is 6.75. The van der Waals surface area contributed by atoms with Gasteiger partial charge in [0.15, 0.2) is 0 Å². The fourth-order valence-corrected chi connectivity index (χ4v) is 4.80. The van der Waals surface area contributed by atoms with Gasteiger partial charge in [-0.15, -0.1) is 11.3 Å². The predicted octanol–water partition coefficient (Wildman–Crippen LogP) is 1.81. The van der Waals surface area contributed by atoms with Gasteiger partial charge in [-0.2, -0.15) is 0 Å². The number of rotatable bonds is 5. The summed E-state index contributed by atoms with van der Waals surface area (Å²) in [6.07, 6.45) is 4.92. The zero-order chi connectivity index (χ0) is 17.7. The van der Waals surface area contributed by atoms with Crippen LogP contribution in [0.15, 0.2) is 16.3 Å². The molecule has 1 aromatic rings. The highest BCUT2D eigenvalue weighted by Gasteiger charge is 2.30. The molecule has 0 bridgehead atoms. The normalized spacial score (nSPS) is 22.4. The van der Waals surface area contributed by atoms with Crippen LogP contribution in [0.1, 0.15) is 48.2 Å². The van der Waals surface area contributed by atoms with Crippen LogP contribution in [-0.4, -0.2) is 38.5 Å². The van der Waals surface area contributed by atoms with Gasteiger partial charge in [-0.1, -0.05) is 25.7 Å². The van der Waals surface area contributed by atoms with Crippen LogP contribution in [0.3, 0.4) is 0 Å². The van der Waals surface area contributed by atoms with Crippen molar-refractivity contribution in [3.05, 3.63) is 16.3 Å². The van der Waals surface area contributed by atoms with Gasteiger partial charge >= 0.3 is 5.97 Å². The van der Waals surface area contributed by atoms with E-state index in [1.165, 1.54) is 18.5 Å². The maximum atomic E-state index is 12.4. The van der Waals surface area contributed by atoms with E-state index < -0.39 is 33.9 Å². The average Bonchev–Trinajstić information content (AvgIpc) is 3.00. The van der Waals surface area contributed by atoms with Crippen LogP contribution in [-0.2, 0) is 14.8 Å². The highest BCUT2D eigenvalue weighted by atomic mass is 32.2. The van der Waals surface area contributed by atoms with Crippen LogP contribution in [0.5, 0.6) is 0 Å². The Kier molecular flexibility index (Phi) is 6.36. The zero-order valence-electron chi connectivity index (χ0n) is 13.4. The van der Waals surface area contributed by atoms with E-state index in [1.807, 2.05) is 0 Å². The minimum atomic E-state index is -3.59. The summed E-state index contributed by atoms with van der Waals surface area (Å²) in [6, 6.07) is 0.881. The van der Waals surface area contributed by atoms with Crippen molar-refractivity contribution in [1.82, 2.24) is 10.0 Å². The van der Waals surface area contributed by atoms with E-state index in [2.05, 4.69) is 10.0 Å². The number of sulfonamides is 1. The maximum absolute atomic E-state index is 12.4. The van der Waals surface area contributed by atoms with Crippen LogP contribution in [0.2, 0.25) is 0 Å². The lowest BCUT2D eigenvalue weighted by molar-refractivity contribution is -0.143. The first-order valence-electron chi connectivity index (χ1n) is 7.91.